The molecule has 0 unspecified atom stereocenters. The molecule has 5 nitrogen and oxygen atoms in total. The number of hydrogen-bond acceptors (Lipinski definition) is 3. The number of allylic oxidation sites excluding steroid dienone is 1. The first-order chi connectivity index (χ1) is 9.97. The molecule has 0 fully saturated rings. The summed E-state index contributed by atoms with van der Waals surface area (Å²) in [6.45, 7) is 7.73. The normalized spacial score (nSPS) is 12.0. The average molecular weight is 313 g/mol. The van der Waals surface area contributed by atoms with Gasteiger partial charge >= 0.3 is 0 Å². The highest BCUT2D eigenvalue weighted by Crippen LogP contribution is 2.19. The van der Waals surface area contributed by atoms with Gasteiger partial charge in [0.05, 0.1) is 0 Å². The summed E-state index contributed by atoms with van der Waals surface area (Å²) in [4.78, 5) is 0.377. The van der Waals surface area contributed by atoms with Gasteiger partial charge in [-0.1, -0.05) is 13.0 Å². The monoisotopic (exact) mass is 313 g/mol. The molecule has 0 amide bonds. The fourth-order valence-electron chi connectivity index (χ4n) is 2.20. The Balaban J connectivity index is 2.96. The Labute approximate surface area is 128 Å². The van der Waals surface area contributed by atoms with E-state index < -0.39 is 10.0 Å². The van der Waals surface area contributed by atoms with Gasteiger partial charge in [0.25, 0.3) is 0 Å². The van der Waals surface area contributed by atoms with Gasteiger partial charge in [-0.2, -0.15) is 0 Å². The maximum atomic E-state index is 12.6. The molecule has 1 rings (SSSR count). The second-order valence-electron chi connectivity index (χ2n) is 5.15. The molecule has 0 saturated carbocycles. The summed E-state index contributed by atoms with van der Waals surface area (Å²) in [6, 6.07) is 1.77. The third-order valence-corrected chi connectivity index (χ3v) is 5.19. The number of nitrogens with zero attached hydrogens (tertiary/aromatic N) is 2. The van der Waals surface area contributed by atoms with E-state index in [1.165, 1.54) is 4.31 Å². The van der Waals surface area contributed by atoms with Crippen molar-refractivity contribution >= 4 is 10.0 Å². The topological polar surface area (TPSA) is 54.3 Å². The van der Waals surface area contributed by atoms with Crippen molar-refractivity contribution in [2.45, 2.75) is 44.2 Å². The van der Waals surface area contributed by atoms with E-state index in [1.807, 2.05) is 17.7 Å². The quantitative estimate of drug-likeness (QED) is 0.532. The molecule has 0 aliphatic heterocycles. The lowest BCUT2D eigenvalue weighted by molar-refractivity contribution is 0.462. The smallest absolute Gasteiger partial charge is 0.244 e. The first kappa shape index (κ1) is 17.9. The van der Waals surface area contributed by atoms with Crippen LogP contribution >= 0.6 is 0 Å². The van der Waals surface area contributed by atoms with E-state index >= 15 is 0 Å². The number of nitrogens with one attached hydrogen (secondary N) is 1. The van der Waals surface area contributed by atoms with E-state index in [9.17, 15) is 8.42 Å². The molecule has 0 bridgehead atoms. The molecular formula is C15H27N3O2S. The highest BCUT2D eigenvalue weighted by Gasteiger charge is 2.22. The zero-order valence-electron chi connectivity index (χ0n) is 13.3. The molecule has 1 heterocycles. The third kappa shape index (κ3) is 4.69. The highest BCUT2D eigenvalue weighted by atomic mass is 32.2. The van der Waals surface area contributed by atoms with E-state index in [0.29, 0.717) is 18.0 Å². The lowest BCUT2D eigenvalue weighted by Crippen LogP contribution is -2.27. The van der Waals surface area contributed by atoms with Gasteiger partial charge in [0.1, 0.15) is 4.90 Å². The van der Waals surface area contributed by atoms with Crippen LogP contribution in [0.15, 0.2) is 29.8 Å². The Morgan fingerprint density at radius 2 is 2.19 bits per heavy atom. The molecule has 1 N–H and O–H groups in total. The summed E-state index contributed by atoms with van der Waals surface area (Å²) in [7, 11) is 0.0849. The van der Waals surface area contributed by atoms with Crippen molar-refractivity contribution in [1.29, 1.82) is 0 Å². The molecule has 0 aromatic carbocycles. The predicted molar refractivity (Wildman–Crippen MR) is 86.7 cm³/mol. The van der Waals surface area contributed by atoms with Crippen LogP contribution in [0, 0.1) is 0 Å². The van der Waals surface area contributed by atoms with E-state index in [-0.39, 0.29) is 0 Å². The zero-order valence-corrected chi connectivity index (χ0v) is 14.1. The van der Waals surface area contributed by atoms with E-state index in [2.05, 4.69) is 18.8 Å². The van der Waals surface area contributed by atoms with Crippen LogP contribution in [0.1, 0.15) is 31.9 Å². The summed E-state index contributed by atoms with van der Waals surface area (Å²) in [5.74, 6) is 0. The predicted octanol–water partition coefficient (Wildman–Crippen LogP) is 2.20. The molecule has 0 atom stereocenters. The highest BCUT2D eigenvalue weighted by molar-refractivity contribution is 7.89. The van der Waals surface area contributed by atoms with Crippen LogP contribution in [-0.2, 0) is 23.1 Å². The Morgan fingerprint density at radius 1 is 1.48 bits per heavy atom. The Hall–Kier alpha value is -1.11. The molecular weight excluding hydrogens is 286 g/mol. The van der Waals surface area contributed by atoms with Crippen LogP contribution < -0.4 is 5.32 Å². The van der Waals surface area contributed by atoms with Crippen LogP contribution in [-0.4, -0.2) is 37.9 Å². The van der Waals surface area contributed by atoms with Crippen LogP contribution in [0.2, 0.25) is 0 Å². The molecule has 0 spiro atoms. The summed E-state index contributed by atoms with van der Waals surface area (Å²) < 4.78 is 28.6. The SMILES string of the molecule is C=CCCCN(C)S(=O)(=O)c1cc(CNC)n(CCC)c1. The Kier molecular flexibility index (Phi) is 7.14. The minimum absolute atomic E-state index is 0.377. The Morgan fingerprint density at radius 3 is 2.76 bits per heavy atom. The lowest BCUT2D eigenvalue weighted by atomic mass is 10.3. The van der Waals surface area contributed by atoms with Gasteiger partial charge in [0, 0.05) is 38.6 Å². The van der Waals surface area contributed by atoms with Crippen molar-refractivity contribution in [3.63, 3.8) is 0 Å². The lowest BCUT2D eigenvalue weighted by Gasteiger charge is -2.15. The van der Waals surface area contributed by atoms with Gasteiger partial charge in [-0.05, 0) is 32.4 Å². The van der Waals surface area contributed by atoms with Crippen molar-refractivity contribution in [1.82, 2.24) is 14.2 Å². The van der Waals surface area contributed by atoms with Gasteiger partial charge in [-0.15, -0.1) is 6.58 Å². The van der Waals surface area contributed by atoms with Crippen molar-refractivity contribution < 1.29 is 8.42 Å². The van der Waals surface area contributed by atoms with Crippen molar-refractivity contribution in [3.05, 3.63) is 30.6 Å². The van der Waals surface area contributed by atoms with Gasteiger partial charge in [0.15, 0.2) is 0 Å². The fourth-order valence-corrected chi connectivity index (χ4v) is 3.48. The van der Waals surface area contributed by atoms with Gasteiger partial charge in [-0.3, -0.25) is 0 Å². The minimum atomic E-state index is -3.41. The van der Waals surface area contributed by atoms with Crippen LogP contribution in [0.5, 0.6) is 0 Å². The molecule has 0 saturated heterocycles. The summed E-state index contributed by atoms with van der Waals surface area (Å²) in [5.41, 5.74) is 0.998. The van der Waals surface area contributed by atoms with E-state index in [4.69, 9.17) is 0 Å². The molecule has 21 heavy (non-hydrogen) atoms. The molecule has 1 aromatic rings. The number of unbranched alkanes of at least 4 members (excludes halogenated alkanes) is 1. The van der Waals surface area contributed by atoms with Crippen molar-refractivity contribution in [2.24, 2.45) is 0 Å². The standard InChI is InChI=1S/C15H27N3O2S/c1-5-7-8-10-17(4)21(19,20)15-11-14(12-16-3)18(13-15)9-6-2/h5,11,13,16H,1,6-10,12H2,2-4H3. The summed E-state index contributed by atoms with van der Waals surface area (Å²) >= 11 is 0. The van der Waals surface area contributed by atoms with Crippen LogP contribution in [0.4, 0.5) is 0 Å². The molecule has 1 aromatic heterocycles. The van der Waals surface area contributed by atoms with Gasteiger partial charge in [0.2, 0.25) is 10.0 Å². The molecule has 0 radical (unpaired) electrons. The van der Waals surface area contributed by atoms with Crippen LogP contribution in [0.3, 0.4) is 0 Å². The van der Waals surface area contributed by atoms with Crippen LogP contribution in [0.25, 0.3) is 0 Å². The second kappa shape index (κ2) is 8.36. The number of aryl methyl sites for hydroxylation is 1. The minimum Gasteiger partial charge on any atom is -0.349 e. The first-order valence-electron chi connectivity index (χ1n) is 7.38. The first-order valence-corrected chi connectivity index (χ1v) is 8.82. The van der Waals surface area contributed by atoms with Gasteiger partial charge in [-0.25, -0.2) is 12.7 Å². The van der Waals surface area contributed by atoms with E-state index in [1.54, 1.807) is 19.3 Å². The molecule has 0 aliphatic carbocycles. The molecule has 0 aliphatic rings. The van der Waals surface area contributed by atoms with E-state index in [0.717, 1.165) is 31.5 Å². The van der Waals surface area contributed by atoms with Gasteiger partial charge < -0.3 is 9.88 Å². The molecule has 6 heteroatoms. The number of hydrogen-bond donors (Lipinski definition) is 1. The zero-order chi connectivity index (χ0) is 15.9. The maximum Gasteiger partial charge on any atom is 0.244 e. The van der Waals surface area contributed by atoms with Crippen molar-refractivity contribution in [3.8, 4) is 0 Å². The maximum absolute atomic E-state index is 12.6. The molecule has 120 valence electrons. The Bertz CT molecular complexity index is 526. The summed E-state index contributed by atoms with van der Waals surface area (Å²) in [5, 5.41) is 3.08. The third-order valence-electron chi connectivity index (χ3n) is 3.37. The second-order valence-corrected chi connectivity index (χ2v) is 7.19. The number of rotatable bonds is 10. The number of aromatic nitrogens is 1. The average Bonchev–Trinajstić information content (AvgIpc) is 2.84. The largest absolute Gasteiger partial charge is 0.349 e. The fraction of sp³-hybridized carbons (Fsp3) is 0.600. The number of sulfonamides is 1. The summed E-state index contributed by atoms with van der Waals surface area (Å²) in [6.07, 6.45) is 6.14. The van der Waals surface area contributed by atoms with Crippen molar-refractivity contribution in [2.75, 3.05) is 20.6 Å².